The van der Waals surface area contributed by atoms with E-state index in [1.165, 1.54) is 18.3 Å². The van der Waals surface area contributed by atoms with Crippen molar-refractivity contribution in [2.45, 2.75) is 0 Å². The number of carbonyl (C=O) groups excluding carboxylic acids is 3. The molecule has 26 heavy (non-hydrogen) atoms. The molecule has 1 aromatic heterocycles. The number of rotatable bonds is 3. The normalized spacial score (nSPS) is 13.0. The molecule has 2 amide bonds. The lowest BCUT2D eigenvalue weighted by molar-refractivity contribution is -0.0581. The van der Waals surface area contributed by atoms with Crippen LogP contribution in [0.5, 0.6) is 0 Å². The molecule has 0 atom stereocenters. The van der Waals surface area contributed by atoms with Gasteiger partial charge in [0.2, 0.25) is 0 Å². The SMILES string of the molecule is O=C(ON1C(=O)c2ccccc2C1=O)c1cnc(-c2ccc(Cl)cc2)s1. The molecule has 0 spiro atoms. The molecule has 4 rings (SSSR count). The first-order valence-electron chi connectivity index (χ1n) is 7.46. The quantitative estimate of drug-likeness (QED) is 0.641. The van der Waals surface area contributed by atoms with Gasteiger partial charge in [-0.3, -0.25) is 9.59 Å². The van der Waals surface area contributed by atoms with Crippen LogP contribution in [-0.4, -0.2) is 27.8 Å². The van der Waals surface area contributed by atoms with Gasteiger partial charge >= 0.3 is 5.97 Å². The van der Waals surface area contributed by atoms with E-state index in [-0.39, 0.29) is 16.0 Å². The van der Waals surface area contributed by atoms with Gasteiger partial charge in [0.1, 0.15) is 9.88 Å². The van der Waals surface area contributed by atoms with Gasteiger partial charge < -0.3 is 4.84 Å². The molecule has 0 unspecified atom stereocenters. The van der Waals surface area contributed by atoms with Gasteiger partial charge in [-0.2, -0.15) is 0 Å². The minimum atomic E-state index is -0.822. The van der Waals surface area contributed by atoms with Gasteiger partial charge in [0.05, 0.1) is 17.3 Å². The maximum Gasteiger partial charge on any atom is 0.375 e. The maximum absolute atomic E-state index is 12.3. The molecule has 0 bridgehead atoms. The summed E-state index contributed by atoms with van der Waals surface area (Å²) >= 11 is 6.95. The van der Waals surface area contributed by atoms with Gasteiger partial charge in [-0.1, -0.05) is 40.9 Å². The number of nitrogens with zero attached hydrogens (tertiary/aromatic N) is 2. The van der Waals surface area contributed by atoms with E-state index in [0.717, 1.165) is 16.9 Å². The number of halogens is 1. The molecule has 3 aromatic rings. The Kier molecular flexibility index (Phi) is 4.02. The Morgan fingerprint density at radius 2 is 1.62 bits per heavy atom. The third-order valence-electron chi connectivity index (χ3n) is 3.73. The first-order valence-corrected chi connectivity index (χ1v) is 8.66. The fourth-order valence-electron chi connectivity index (χ4n) is 2.47. The highest BCUT2D eigenvalue weighted by molar-refractivity contribution is 7.16. The molecule has 0 saturated heterocycles. The average Bonchev–Trinajstić information content (AvgIpc) is 3.23. The molecular formula is C18H9ClN2O4S. The second-order valence-electron chi connectivity index (χ2n) is 5.37. The summed E-state index contributed by atoms with van der Waals surface area (Å²) in [6.07, 6.45) is 1.34. The van der Waals surface area contributed by atoms with Gasteiger partial charge in [0.15, 0.2) is 0 Å². The van der Waals surface area contributed by atoms with E-state index >= 15 is 0 Å². The number of imide groups is 1. The summed E-state index contributed by atoms with van der Waals surface area (Å²) in [5, 5.41) is 1.67. The largest absolute Gasteiger partial charge is 0.375 e. The lowest BCUT2D eigenvalue weighted by atomic mass is 10.1. The van der Waals surface area contributed by atoms with Crippen LogP contribution in [0.4, 0.5) is 0 Å². The number of aromatic nitrogens is 1. The molecule has 2 aromatic carbocycles. The van der Waals surface area contributed by atoms with Crippen LogP contribution in [0.3, 0.4) is 0 Å². The van der Waals surface area contributed by atoms with Gasteiger partial charge in [-0.15, -0.1) is 11.3 Å². The predicted molar refractivity (Wildman–Crippen MR) is 94.9 cm³/mol. The van der Waals surface area contributed by atoms with Gasteiger partial charge in [-0.25, -0.2) is 9.78 Å². The number of hydroxylamine groups is 2. The highest BCUT2D eigenvalue weighted by Gasteiger charge is 2.39. The van der Waals surface area contributed by atoms with E-state index in [4.69, 9.17) is 16.4 Å². The lowest BCUT2D eigenvalue weighted by Crippen LogP contribution is -2.32. The summed E-state index contributed by atoms with van der Waals surface area (Å²) in [6, 6.07) is 13.3. The van der Waals surface area contributed by atoms with Gasteiger partial charge in [0.25, 0.3) is 11.8 Å². The first-order chi connectivity index (χ1) is 12.5. The van der Waals surface area contributed by atoms with Crippen LogP contribution in [0, 0.1) is 0 Å². The van der Waals surface area contributed by atoms with Crippen molar-refractivity contribution in [2.24, 2.45) is 0 Å². The standard InChI is InChI=1S/C18H9ClN2O4S/c19-11-7-5-10(6-8-11)15-20-9-14(26-15)18(24)25-21-16(22)12-3-1-2-4-13(12)17(21)23/h1-9H. The maximum atomic E-state index is 12.3. The molecule has 0 aliphatic carbocycles. The van der Waals surface area contributed by atoms with Crippen LogP contribution in [0.25, 0.3) is 10.6 Å². The van der Waals surface area contributed by atoms with Crippen LogP contribution >= 0.6 is 22.9 Å². The fraction of sp³-hybridized carbons (Fsp3) is 0. The Morgan fingerprint density at radius 3 is 2.23 bits per heavy atom. The highest BCUT2D eigenvalue weighted by atomic mass is 35.5. The zero-order valence-corrected chi connectivity index (χ0v) is 14.6. The third kappa shape index (κ3) is 2.77. The molecule has 0 fully saturated rings. The number of amides is 2. The number of hydrogen-bond donors (Lipinski definition) is 0. The van der Waals surface area contributed by atoms with Crippen molar-refractivity contribution >= 4 is 40.7 Å². The summed E-state index contributed by atoms with van der Waals surface area (Å²) in [7, 11) is 0. The lowest BCUT2D eigenvalue weighted by Gasteiger charge is -2.11. The second kappa shape index (κ2) is 6.36. The molecule has 1 aliphatic rings. The zero-order chi connectivity index (χ0) is 18.3. The van der Waals surface area contributed by atoms with Crippen LogP contribution in [0.2, 0.25) is 5.02 Å². The van der Waals surface area contributed by atoms with E-state index in [0.29, 0.717) is 15.1 Å². The van der Waals surface area contributed by atoms with Crippen LogP contribution in [0.1, 0.15) is 30.4 Å². The molecule has 6 nitrogen and oxygen atoms in total. The molecule has 0 saturated carbocycles. The second-order valence-corrected chi connectivity index (χ2v) is 6.83. The average molecular weight is 385 g/mol. The van der Waals surface area contributed by atoms with Crippen molar-refractivity contribution in [1.29, 1.82) is 0 Å². The van der Waals surface area contributed by atoms with E-state index in [2.05, 4.69) is 4.98 Å². The summed E-state index contributed by atoms with van der Waals surface area (Å²) in [4.78, 5) is 46.2. The zero-order valence-electron chi connectivity index (χ0n) is 13.0. The number of carbonyl (C=O) groups is 3. The van der Waals surface area contributed by atoms with E-state index in [1.54, 1.807) is 36.4 Å². The molecule has 128 valence electrons. The number of benzene rings is 2. The number of fused-ring (bicyclic) bond motifs is 1. The van der Waals surface area contributed by atoms with E-state index in [1.807, 2.05) is 0 Å². The van der Waals surface area contributed by atoms with Gasteiger partial charge in [0, 0.05) is 10.6 Å². The van der Waals surface area contributed by atoms with Crippen molar-refractivity contribution < 1.29 is 19.2 Å². The number of thiazole rings is 1. The van der Waals surface area contributed by atoms with Crippen molar-refractivity contribution in [1.82, 2.24) is 10.0 Å². The molecule has 1 aliphatic heterocycles. The Bertz CT molecular complexity index is 1010. The summed E-state index contributed by atoms with van der Waals surface area (Å²) in [5.41, 5.74) is 1.20. The summed E-state index contributed by atoms with van der Waals surface area (Å²) in [5.74, 6) is -2.15. The molecule has 8 heteroatoms. The van der Waals surface area contributed by atoms with Crippen molar-refractivity contribution in [3.05, 3.63) is 75.8 Å². The summed E-state index contributed by atoms with van der Waals surface area (Å²) < 4.78 is 0. The predicted octanol–water partition coefficient (Wildman–Crippen LogP) is 3.83. The van der Waals surface area contributed by atoms with E-state index in [9.17, 15) is 14.4 Å². The molecular weight excluding hydrogens is 376 g/mol. The smallest absolute Gasteiger partial charge is 0.323 e. The topological polar surface area (TPSA) is 76.6 Å². The van der Waals surface area contributed by atoms with Crippen LogP contribution < -0.4 is 0 Å². The fourth-order valence-corrected chi connectivity index (χ4v) is 3.39. The van der Waals surface area contributed by atoms with Crippen molar-refractivity contribution in [2.75, 3.05) is 0 Å². The van der Waals surface area contributed by atoms with Crippen LogP contribution in [-0.2, 0) is 4.84 Å². The summed E-state index contributed by atoms with van der Waals surface area (Å²) in [6.45, 7) is 0. The third-order valence-corrected chi connectivity index (χ3v) is 5.01. The minimum absolute atomic E-state index is 0.173. The van der Waals surface area contributed by atoms with Crippen molar-refractivity contribution in [3.63, 3.8) is 0 Å². The van der Waals surface area contributed by atoms with Gasteiger partial charge in [-0.05, 0) is 24.3 Å². The minimum Gasteiger partial charge on any atom is -0.323 e. The number of hydrogen-bond acceptors (Lipinski definition) is 6. The Morgan fingerprint density at radius 1 is 1.00 bits per heavy atom. The Hall–Kier alpha value is -3.03. The first kappa shape index (κ1) is 16.4. The molecule has 0 radical (unpaired) electrons. The van der Waals surface area contributed by atoms with E-state index < -0.39 is 17.8 Å². The van der Waals surface area contributed by atoms with Crippen LogP contribution in [0.15, 0.2) is 54.7 Å². The highest BCUT2D eigenvalue weighted by Crippen LogP contribution is 2.28. The Labute approximate surface area is 156 Å². The molecule has 2 heterocycles. The monoisotopic (exact) mass is 384 g/mol. The Balaban J connectivity index is 1.54. The van der Waals surface area contributed by atoms with Crippen molar-refractivity contribution in [3.8, 4) is 10.6 Å². The molecule has 0 N–H and O–H groups in total.